The molecule has 0 aromatic heterocycles. The van der Waals surface area contributed by atoms with Gasteiger partial charge in [0.1, 0.15) is 11.5 Å². The van der Waals surface area contributed by atoms with Crippen molar-refractivity contribution in [1.82, 2.24) is 0 Å². The van der Waals surface area contributed by atoms with Crippen molar-refractivity contribution in [2.24, 2.45) is 0 Å². The molecule has 0 heterocycles. The van der Waals surface area contributed by atoms with E-state index in [1.807, 2.05) is 106 Å². The Labute approximate surface area is 190 Å². The molecule has 4 rings (SSSR count). The van der Waals surface area contributed by atoms with Gasteiger partial charge in [0, 0.05) is 0 Å². The molecule has 0 bridgehead atoms. The van der Waals surface area contributed by atoms with Crippen molar-refractivity contribution in [2.45, 2.75) is 25.9 Å². The minimum absolute atomic E-state index is 0.483. The molecule has 0 amide bonds. The van der Waals surface area contributed by atoms with E-state index in [4.69, 9.17) is 14.2 Å². The second kappa shape index (κ2) is 9.06. The van der Waals surface area contributed by atoms with E-state index in [0.717, 1.165) is 22.3 Å². The van der Waals surface area contributed by atoms with Crippen molar-refractivity contribution < 1.29 is 9.05 Å². The van der Waals surface area contributed by atoms with E-state index in [2.05, 4.69) is 24.3 Å². The molecule has 0 atom stereocenters. The summed E-state index contributed by atoms with van der Waals surface area (Å²) in [6, 6.07) is 36.2. The first-order valence-electron chi connectivity index (χ1n) is 10.7. The van der Waals surface area contributed by atoms with Crippen molar-refractivity contribution in [3.63, 3.8) is 0 Å². The predicted octanol–water partition coefficient (Wildman–Crippen LogP) is 8.89. The smallest absolute Gasteiger partial charge is 0.316 e. The number of hydrogen-bond acceptors (Lipinski definition) is 3. The Kier molecular flexibility index (Phi) is 6.21. The fourth-order valence-electron chi connectivity index (χ4n) is 3.27. The van der Waals surface area contributed by atoms with Gasteiger partial charge in [-0.2, -0.15) is 0 Å². The summed E-state index contributed by atoms with van der Waals surface area (Å²) < 4.78 is 12.5. The summed E-state index contributed by atoms with van der Waals surface area (Å²) in [6.07, 6.45) is 0. The van der Waals surface area contributed by atoms with Gasteiger partial charge in [0.2, 0.25) is 0 Å². The molecule has 3 nitrogen and oxygen atoms in total. The maximum absolute atomic E-state index is 9.15. The molecule has 4 aromatic rings. The van der Waals surface area contributed by atoms with Crippen LogP contribution in [-0.2, 0) is 0 Å². The summed E-state index contributed by atoms with van der Waals surface area (Å²) in [4.78, 5) is 0. The molecule has 0 unspecified atom stereocenters. The lowest BCUT2D eigenvalue weighted by molar-refractivity contribution is 0.434. The van der Waals surface area contributed by atoms with Gasteiger partial charge in [0.25, 0.3) is 0 Å². The lowest BCUT2D eigenvalue weighted by Gasteiger charge is -2.33. The van der Waals surface area contributed by atoms with Crippen molar-refractivity contribution >= 4 is 7.51 Å². The summed E-state index contributed by atoms with van der Waals surface area (Å²) in [6.45, 7) is 5.97. The number of rotatable bonds is 6. The normalized spacial score (nSPS) is 11.7. The first kappa shape index (κ1) is 21.9. The Bertz CT molecular complexity index is 1110. The van der Waals surface area contributed by atoms with Gasteiger partial charge >= 0.3 is 7.51 Å². The van der Waals surface area contributed by atoms with Crippen LogP contribution in [0.1, 0.15) is 20.8 Å². The molecule has 0 radical (unpaired) electrons. The zero-order valence-corrected chi connectivity index (χ0v) is 19.6. The zero-order valence-electron chi connectivity index (χ0n) is 18.7. The summed E-state index contributed by atoms with van der Waals surface area (Å²) >= 11 is 0. The first-order valence-corrected chi connectivity index (χ1v) is 12.3. The van der Waals surface area contributed by atoms with E-state index in [0.29, 0.717) is 11.5 Å². The van der Waals surface area contributed by atoms with Gasteiger partial charge in [0.05, 0.1) is 5.16 Å². The second-order valence-corrected chi connectivity index (χ2v) is 11.5. The molecule has 0 spiro atoms. The highest BCUT2D eigenvalue weighted by atomic mass is 31.2. The zero-order chi connectivity index (χ0) is 22.6. The highest BCUT2D eigenvalue weighted by molar-refractivity contribution is 7.57. The van der Waals surface area contributed by atoms with Gasteiger partial charge in [-0.1, -0.05) is 84.9 Å². The Morgan fingerprint density at radius 3 is 1.12 bits per heavy atom. The van der Waals surface area contributed by atoms with E-state index in [1.165, 1.54) is 0 Å². The van der Waals surface area contributed by atoms with Crippen LogP contribution in [0.3, 0.4) is 0 Å². The minimum atomic E-state index is -3.02. The monoisotopic (exact) mass is 441 g/mol. The fourth-order valence-corrected chi connectivity index (χ4v) is 4.69. The van der Waals surface area contributed by atoms with Crippen LogP contribution in [-0.4, -0.2) is 5.16 Å². The Balaban J connectivity index is 1.54. The molecule has 4 aromatic carbocycles. The van der Waals surface area contributed by atoms with Crippen LogP contribution in [0.5, 0.6) is 11.5 Å². The van der Waals surface area contributed by atoms with E-state index in [-0.39, 0.29) is 0 Å². The quantitative estimate of drug-likeness (QED) is 0.304. The van der Waals surface area contributed by atoms with Gasteiger partial charge in [-0.25, -0.2) is 5.16 Å². The standard InChI is InChI=1S/C28H28NO2P/c1-28(2,3)32(29,30-26-18-14-24(15-19-26)22-10-6-4-7-11-22)31-27-20-16-25(17-21-27)23-12-8-5-9-13-23/h4-21,29H,1-3H3. The number of nitrogens with one attached hydrogen (secondary N) is 1. The molecule has 0 aliphatic rings. The third-order valence-electron chi connectivity index (χ3n) is 5.27. The maximum Gasteiger partial charge on any atom is 0.316 e. The molecule has 4 heteroatoms. The third kappa shape index (κ3) is 4.95. The largest absolute Gasteiger partial charge is 0.430 e. The van der Waals surface area contributed by atoms with Gasteiger partial charge in [-0.3, -0.25) is 0 Å². The van der Waals surface area contributed by atoms with Crippen molar-refractivity contribution in [3.05, 3.63) is 109 Å². The first-order chi connectivity index (χ1) is 15.3. The summed E-state index contributed by atoms with van der Waals surface area (Å²) in [5.41, 5.74) is 4.52. The van der Waals surface area contributed by atoms with E-state index < -0.39 is 12.7 Å². The van der Waals surface area contributed by atoms with E-state index in [1.54, 1.807) is 0 Å². The topological polar surface area (TPSA) is 42.3 Å². The maximum atomic E-state index is 9.15. The van der Waals surface area contributed by atoms with E-state index >= 15 is 0 Å². The molecular weight excluding hydrogens is 413 g/mol. The van der Waals surface area contributed by atoms with Gasteiger partial charge in [-0.05, 0) is 67.3 Å². The molecular formula is C28H28NO2P. The molecule has 0 saturated heterocycles. The lowest BCUT2D eigenvalue weighted by Crippen LogP contribution is -2.22. The summed E-state index contributed by atoms with van der Waals surface area (Å²) in [5.74, 6) is 1.28. The molecule has 1 N–H and O–H groups in total. The molecule has 0 fully saturated rings. The summed E-state index contributed by atoms with van der Waals surface area (Å²) in [7, 11) is -3.02. The van der Waals surface area contributed by atoms with Crippen LogP contribution in [0.2, 0.25) is 0 Å². The molecule has 162 valence electrons. The molecule has 32 heavy (non-hydrogen) atoms. The van der Waals surface area contributed by atoms with Crippen LogP contribution in [0, 0.1) is 5.16 Å². The predicted molar refractivity (Wildman–Crippen MR) is 134 cm³/mol. The molecule has 0 aliphatic heterocycles. The average Bonchev–Trinajstić information content (AvgIpc) is 2.80. The van der Waals surface area contributed by atoms with Crippen LogP contribution in [0.25, 0.3) is 22.3 Å². The van der Waals surface area contributed by atoms with Crippen LogP contribution >= 0.6 is 7.51 Å². The van der Waals surface area contributed by atoms with Crippen molar-refractivity contribution in [1.29, 1.82) is 5.16 Å². The SMILES string of the molecule is CC(C)(C)P(=N)(Oc1ccc(-c2ccccc2)cc1)Oc1ccc(-c2ccccc2)cc1. The highest BCUT2D eigenvalue weighted by Crippen LogP contribution is 2.59. The van der Waals surface area contributed by atoms with Crippen molar-refractivity contribution in [3.8, 4) is 33.8 Å². The van der Waals surface area contributed by atoms with E-state index in [9.17, 15) is 0 Å². The van der Waals surface area contributed by atoms with Gasteiger partial charge in [0.15, 0.2) is 0 Å². The van der Waals surface area contributed by atoms with Gasteiger partial charge < -0.3 is 9.05 Å². The number of hydrogen-bond donors (Lipinski definition) is 1. The Morgan fingerprint density at radius 1 is 0.500 bits per heavy atom. The van der Waals surface area contributed by atoms with Crippen LogP contribution in [0.4, 0.5) is 0 Å². The highest BCUT2D eigenvalue weighted by Gasteiger charge is 2.38. The molecule has 0 aliphatic carbocycles. The Hall–Kier alpha value is -3.29. The average molecular weight is 442 g/mol. The van der Waals surface area contributed by atoms with Crippen LogP contribution < -0.4 is 9.05 Å². The van der Waals surface area contributed by atoms with Crippen molar-refractivity contribution in [2.75, 3.05) is 0 Å². The third-order valence-corrected chi connectivity index (χ3v) is 7.98. The van der Waals surface area contributed by atoms with Crippen LogP contribution in [0.15, 0.2) is 109 Å². The molecule has 0 saturated carbocycles. The lowest BCUT2D eigenvalue weighted by atomic mass is 10.1. The Morgan fingerprint density at radius 2 is 0.812 bits per heavy atom. The second-order valence-electron chi connectivity index (χ2n) is 8.69. The minimum Gasteiger partial charge on any atom is -0.430 e. The summed E-state index contributed by atoms with van der Waals surface area (Å²) in [5, 5.41) is 8.67. The number of benzene rings is 4. The van der Waals surface area contributed by atoms with Gasteiger partial charge in [-0.15, -0.1) is 0 Å². The fraction of sp³-hybridized carbons (Fsp3) is 0.143.